The summed E-state index contributed by atoms with van der Waals surface area (Å²) >= 11 is 0. The molecule has 10 heteroatoms. The first-order valence-corrected chi connectivity index (χ1v) is 13.9. The molecule has 1 aromatic carbocycles. The zero-order valence-electron chi connectivity index (χ0n) is 22.3. The Morgan fingerprint density at radius 1 is 1.23 bits per heavy atom. The number of rotatable bonds is 3. The summed E-state index contributed by atoms with van der Waals surface area (Å²) in [5, 5.41) is 25.2. The van der Waals surface area contributed by atoms with Gasteiger partial charge < -0.3 is 24.8 Å². The number of fused-ring (bicyclic) bond motifs is 5. The molecular formula is C30H30FN3O6. The van der Waals surface area contributed by atoms with Gasteiger partial charge in [0.1, 0.15) is 12.4 Å². The van der Waals surface area contributed by atoms with Gasteiger partial charge in [0.15, 0.2) is 5.60 Å². The second kappa shape index (κ2) is 8.68. The number of nitrogens with zero attached hydrogens (tertiary/aromatic N) is 2. The number of aryl methyl sites for hydroxylation is 1. The number of pyridine rings is 2. The van der Waals surface area contributed by atoms with Crippen molar-refractivity contribution in [2.45, 2.75) is 83.3 Å². The van der Waals surface area contributed by atoms with Crippen LogP contribution in [0.15, 0.2) is 16.9 Å². The molecule has 2 aliphatic carbocycles. The smallest absolute Gasteiger partial charge is 0.343 e. The van der Waals surface area contributed by atoms with Crippen LogP contribution in [0.1, 0.15) is 78.5 Å². The summed E-state index contributed by atoms with van der Waals surface area (Å²) in [6.45, 7) is 3.36. The lowest BCUT2D eigenvalue weighted by Gasteiger charge is -2.31. The van der Waals surface area contributed by atoms with E-state index in [9.17, 15) is 24.6 Å². The minimum atomic E-state index is -1.95. The number of carbonyl (C=O) groups is 2. The number of hydrogen-bond donors (Lipinski definition) is 3. The van der Waals surface area contributed by atoms with Gasteiger partial charge in [-0.25, -0.2) is 14.2 Å². The minimum absolute atomic E-state index is 0.0306. The second-order valence-electron chi connectivity index (χ2n) is 11.6. The molecule has 0 bridgehead atoms. The van der Waals surface area contributed by atoms with Crippen molar-refractivity contribution >= 4 is 22.8 Å². The summed E-state index contributed by atoms with van der Waals surface area (Å²) < 4.78 is 21.8. The van der Waals surface area contributed by atoms with Gasteiger partial charge in [0, 0.05) is 28.5 Å². The van der Waals surface area contributed by atoms with Gasteiger partial charge in [-0.15, -0.1) is 0 Å². The van der Waals surface area contributed by atoms with Crippen LogP contribution in [-0.2, 0) is 39.5 Å². The molecular weight excluding hydrogens is 517 g/mol. The van der Waals surface area contributed by atoms with Gasteiger partial charge in [-0.05, 0) is 68.2 Å². The Bertz CT molecular complexity index is 1710. The maximum atomic E-state index is 15.1. The van der Waals surface area contributed by atoms with Crippen molar-refractivity contribution in [1.29, 1.82) is 0 Å². The van der Waals surface area contributed by atoms with Crippen molar-refractivity contribution in [3.05, 3.63) is 61.7 Å². The lowest BCUT2D eigenvalue weighted by Crippen LogP contribution is -2.44. The molecule has 1 amide bonds. The van der Waals surface area contributed by atoms with Crippen LogP contribution < -0.4 is 10.9 Å². The van der Waals surface area contributed by atoms with E-state index in [4.69, 9.17) is 9.72 Å². The predicted molar refractivity (Wildman–Crippen MR) is 142 cm³/mol. The van der Waals surface area contributed by atoms with Gasteiger partial charge in [-0.2, -0.15) is 0 Å². The van der Waals surface area contributed by atoms with E-state index in [1.807, 2.05) is 0 Å². The third-order valence-electron chi connectivity index (χ3n) is 9.47. The van der Waals surface area contributed by atoms with Crippen LogP contribution in [0.2, 0.25) is 0 Å². The molecule has 2 unspecified atom stereocenters. The fourth-order valence-electron chi connectivity index (χ4n) is 7.18. The van der Waals surface area contributed by atoms with Crippen molar-refractivity contribution in [2.24, 2.45) is 5.92 Å². The fourth-order valence-corrected chi connectivity index (χ4v) is 7.18. The van der Waals surface area contributed by atoms with E-state index in [0.29, 0.717) is 54.6 Å². The number of aromatic nitrogens is 2. The average Bonchev–Trinajstić information content (AvgIpc) is 3.54. The summed E-state index contributed by atoms with van der Waals surface area (Å²) in [7, 11) is 0. The molecule has 1 saturated carbocycles. The highest BCUT2D eigenvalue weighted by atomic mass is 19.1. The van der Waals surface area contributed by atoms with Gasteiger partial charge in [-0.3, -0.25) is 9.59 Å². The molecule has 3 aromatic rings. The third-order valence-corrected chi connectivity index (χ3v) is 9.47. The largest absolute Gasteiger partial charge is 0.458 e. The molecule has 1 fully saturated rings. The van der Waals surface area contributed by atoms with Crippen LogP contribution in [0.4, 0.5) is 4.39 Å². The van der Waals surface area contributed by atoms with Gasteiger partial charge in [0.2, 0.25) is 5.91 Å². The van der Waals surface area contributed by atoms with Gasteiger partial charge >= 0.3 is 5.97 Å². The van der Waals surface area contributed by atoms with Crippen LogP contribution in [-0.4, -0.2) is 37.7 Å². The molecule has 40 heavy (non-hydrogen) atoms. The molecule has 4 heterocycles. The summed E-state index contributed by atoms with van der Waals surface area (Å²) in [5.41, 5.74) is 2.47. The number of benzene rings is 1. The van der Waals surface area contributed by atoms with Crippen molar-refractivity contribution in [2.75, 3.05) is 0 Å². The number of aliphatic hydroxyl groups excluding tert-OH is 1. The lowest BCUT2D eigenvalue weighted by molar-refractivity contribution is -0.172. The zero-order valence-corrected chi connectivity index (χ0v) is 22.3. The topological polar surface area (TPSA) is 131 Å². The Morgan fingerprint density at radius 2 is 2.02 bits per heavy atom. The van der Waals surface area contributed by atoms with Gasteiger partial charge in [0.25, 0.3) is 5.56 Å². The number of halogens is 1. The van der Waals surface area contributed by atoms with Crippen molar-refractivity contribution in [3.63, 3.8) is 0 Å². The van der Waals surface area contributed by atoms with Crippen LogP contribution in [0.3, 0.4) is 0 Å². The molecule has 208 valence electrons. The zero-order chi connectivity index (χ0) is 28.1. The van der Waals surface area contributed by atoms with Crippen LogP contribution >= 0.6 is 0 Å². The third kappa shape index (κ3) is 3.38. The highest BCUT2D eigenvalue weighted by Gasteiger charge is 2.46. The van der Waals surface area contributed by atoms with Gasteiger partial charge in [0.05, 0.1) is 41.2 Å². The Balaban J connectivity index is 1.44. The summed E-state index contributed by atoms with van der Waals surface area (Å²) in [6, 6.07) is 2.66. The first kappa shape index (κ1) is 25.3. The highest BCUT2D eigenvalue weighted by molar-refractivity contribution is 5.94. The molecule has 4 atom stereocenters. The summed E-state index contributed by atoms with van der Waals surface area (Å²) in [5.74, 6) is -1.55. The van der Waals surface area contributed by atoms with E-state index >= 15 is 4.39 Å². The quantitative estimate of drug-likeness (QED) is 0.336. The average molecular weight is 548 g/mol. The number of cyclic esters (lactones) is 1. The Kier molecular flexibility index (Phi) is 5.50. The maximum Gasteiger partial charge on any atom is 0.343 e. The van der Waals surface area contributed by atoms with Crippen molar-refractivity contribution in [1.82, 2.24) is 14.9 Å². The molecule has 0 radical (unpaired) electrons. The monoisotopic (exact) mass is 547 g/mol. The molecule has 0 spiro atoms. The van der Waals surface area contributed by atoms with Crippen LogP contribution in [0.5, 0.6) is 0 Å². The van der Waals surface area contributed by atoms with E-state index in [1.165, 1.54) is 6.07 Å². The highest BCUT2D eigenvalue weighted by Crippen LogP contribution is 2.46. The molecule has 9 nitrogen and oxygen atoms in total. The first-order valence-electron chi connectivity index (χ1n) is 13.9. The van der Waals surface area contributed by atoms with Crippen molar-refractivity contribution in [3.8, 4) is 11.4 Å². The van der Waals surface area contributed by atoms with E-state index in [0.717, 1.165) is 22.1 Å². The number of nitrogens with one attached hydrogen (secondary N) is 1. The Morgan fingerprint density at radius 3 is 2.75 bits per heavy atom. The number of carbonyl (C=O) groups excluding carboxylic acids is 2. The number of esters is 1. The van der Waals surface area contributed by atoms with Gasteiger partial charge in [-0.1, -0.05) is 6.92 Å². The second-order valence-corrected chi connectivity index (χ2v) is 11.6. The first-order chi connectivity index (χ1) is 19.1. The van der Waals surface area contributed by atoms with Crippen molar-refractivity contribution < 1.29 is 28.9 Å². The molecule has 3 N–H and O–H groups in total. The summed E-state index contributed by atoms with van der Waals surface area (Å²) in [6.07, 6.45) is 2.32. The fraction of sp³-hybridized carbons (Fsp3) is 0.467. The van der Waals surface area contributed by atoms with Crippen LogP contribution in [0, 0.1) is 18.7 Å². The molecule has 2 aliphatic heterocycles. The molecule has 2 aromatic heterocycles. The number of aliphatic hydroxyl groups is 2. The molecule has 7 rings (SSSR count). The lowest BCUT2D eigenvalue weighted by atomic mass is 9.81. The predicted octanol–water partition coefficient (Wildman–Crippen LogP) is 2.79. The SMILES string of the molecule is CC[C@@]1(O)C(=O)OCc2c1cc1n(c2=O)Cc2c-1nc1cc(F)c(C)c3c1c2[C@@H](NC(=O)C1CCC(O)C1)CC3. The molecule has 0 saturated heterocycles. The van der Waals surface area contributed by atoms with E-state index in [1.54, 1.807) is 24.5 Å². The molecule has 4 aliphatic rings. The Labute approximate surface area is 229 Å². The standard InChI is InChI=1S/C30H30FN3O6/c1-3-30(39)19-9-23-26-17(11-34(23)28(37)18(19)12-40-29(30)38)25-21(33-27(36)14-4-5-15(35)8-14)7-6-16-13(2)20(31)10-22(32-26)24(16)25/h9-10,14-15,21,35,39H,3-8,11-12H2,1-2H3,(H,33,36)/t14?,15?,21-,30-/m0/s1. The van der Waals surface area contributed by atoms with E-state index in [-0.39, 0.29) is 59.9 Å². The summed E-state index contributed by atoms with van der Waals surface area (Å²) in [4.78, 5) is 44.4. The Hall–Kier alpha value is -3.63. The van der Waals surface area contributed by atoms with Crippen LogP contribution in [0.25, 0.3) is 22.3 Å². The number of amides is 1. The number of ether oxygens (including phenoxy) is 1. The minimum Gasteiger partial charge on any atom is -0.458 e. The number of hydrogen-bond acceptors (Lipinski definition) is 7. The van der Waals surface area contributed by atoms with E-state index in [2.05, 4.69) is 5.32 Å². The van der Waals surface area contributed by atoms with E-state index < -0.39 is 17.7 Å². The maximum absolute atomic E-state index is 15.1. The normalized spacial score (nSPS) is 26.3.